The molecule has 2 aromatic rings. The van der Waals surface area contributed by atoms with Crippen LogP contribution < -0.4 is 5.32 Å². The van der Waals surface area contributed by atoms with Crippen molar-refractivity contribution in [3.8, 4) is 0 Å². The van der Waals surface area contributed by atoms with E-state index in [0.29, 0.717) is 16.2 Å². The Labute approximate surface area is 191 Å². The molecule has 164 valence electrons. The summed E-state index contributed by atoms with van der Waals surface area (Å²) in [5.41, 5.74) is 1.44. The van der Waals surface area contributed by atoms with E-state index < -0.39 is 29.1 Å². The maximum absolute atomic E-state index is 13.0. The highest BCUT2D eigenvalue weighted by atomic mass is 32.2. The molecule has 2 atom stereocenters. The number of rotatable bonds is 7. The Morgan fingerprint density at radius 3 is 2.78 bits per heavy atom. The number of aromatic nitrogens is 1. The molecule has 3 heterocycles. The van der Waals surface area contributed by atoms with Gasteiger partial charge in [0.2, 0.25) is 5.91 Å². The van der Waals surface area contributed by atoms with Crippen LogP contribution in [0.1, 0.15) is 11.1 Å². The number of aliphatic carboxylic acids is 1. The van der Waals surface area contributed by atoms with Crippen molar-refractivity contribution in [3.63, 3.8) is 0 Å². The van der Waals surface area contributed by atoms with Crippen LogP contribution >= 0.6 is 23.5 Å². The number of carboxylic acids is 1. The fraction of sp³-hybridized carbons (Fsp3) is 0.182. The molecule has 0 aliphatic carbocycles. The summed E-state index contributed by atoms with van der Waals surface area (Å²) in [5, 5.41) is 13.7. The lowest BCUT2D eigenvalue weighted by atomic mass is 10.0. The van der Waals surface area contributed by atoms with Crippen LogP contribution in [0.3, 0.4) is 0 Å². The standard InChI is InChI=1S/C22H18FN3O4S2/c23-15-5-3-13(4-6-15)10-17(27)25-18-20(28)26-19(22(29)30)16(12-32-21(18)26)31-9-7-14-2-1-8-24-11-14/h1-9,11,18,21H,10,12H2,(H,25,27)(H,29,30)/t18-,21+/m1/s1. The highest BCUT2D eigenvalue weighted by molar-refractivity contribution is 8.08. The Hall–Kier alpha value is -3.11. The minimum Gasteiger partial charge on any atom is -0.477 e. The van der Waals surface area contributed by atoms with Crippen LogP contribution in [0.4, 0.5) is 4.39 Å². The first kappa shape index (κ1) is 22.1. The first-order valence-electron chi connectivity index (χ1n) is 9.62. The summed E-state index contributed by atoms with van der Waals surface area (Å²) in [4.78, 5) is 42.8. The van der Waals surface area contributed by atoms with Gasteiger partial charge in [0.15, 0.2) is 0 Å². The number of hydrogen-bond acceptors (Lipinski definition) is 6. The average molecular weight is 472 g/mol. The summed E-state index contributed by atoms with van der Waals surface area (Å²) in [6.45, 7) is 0. The van der Waals surface area contributed by atoms with Crippen molar-refractivity contribution in [1.29, 1.82) is 0 Å². The molecule has 32 heavy (non-hydrogen) atoms. The van der Waals surface area contributed by atoms with Crippen molar-refractivity contribution >= 4 is 47.4 Å². The van der Waals surface area contributed by atoms with Gasteiger partial charge in [0, 0.05) is 23.1 Å². The fourth-order valence-corrected chi connectivity index (χ4v) is 5.72. The van der Waals surface area contributed by atoms with Gasteiger partial charge in [-0.15, -0.1) is 11.8 Å². The van der Waals surface area contributed by atoms with E-state index in [1.807, 2.05) is 12.1 Å². The van der Waals surface area contributed by atoms with Crippen molar-refractivity contribution in [3.05, 3.63) is 81.7 Å². The number of nitrogens with zero attached hydrogens (tertiary/aromatic N) is 2. The van der Waals surface area contributed by atoms with E-state index in [1.165, 1.54) is 52.7 Å². The predicted molar refractivity (Wildman–Crippen MR) is 121 cm³/mol. The molecule has 2 aliphatic rings. The van der Waals surface area contributed by atoms with Crippen LogP contribution in [-0.4, -0.2) is 49.9 Å². The lowest BCUT2D eigenvalue weighted by Crippen LogP contribution is -2.70. The number of carbonyl (C=O) groups excluding carboxylic acids is 2. The molecule has 1 fully saturated rings. The number of pyridine rings is 1. The molecular weight excluding hydrogens is 453 g/mol. The number of halogens is 1. The molecule has 0 spiro atoms. The van der Waals surface area contributed by atoms with Gasteiger partial charge in [-0.25, -0.2) is 9.18 Å². The van der Waals surface area contributed by atoms with E-state index >= 15 is 0 Å². The number of thioether (sulfide) groups is 2. The highest BCUT2D eigenvalue weighted by Gasteiger charge is 2.54. The molecule has 10 heteroatoms. The summed E-state index contributed by atoms with van der Waals surface area (Å²) in [6.07, 6.45) is 5.17. The number of nitrogens with one attached hydrogen (secondary N) is 1. The van der Waals surface area contributed by atoms with Crippen LogP contribution in [0.15, 0.2) is 64.8 Å². The predicted octanol–water partition coefficient (Wildman–Crippen LogP) is 2.86. The Kier molecular flexibility index (Phi) is 6.61. The lowest BCUT2D eigenvalue weighted by Gasteiger charge is -2.49. The van der Waals surface area contributed by atoms with Crippen LogP contribution in [-0.2, 0) is 20.8 Å². The summed E-state index contributed by atoms with van der Waals surface area (Å²) in [6, 6.07) is 8.43. The van der Waals surface area contributed by atoms with Gasteiger partial charge < -0.3 is 10.4 Å². The molecule has 0 bridgehead atoms. The van der Waals surface area contributed by atoms with Crippen molar-refractivity contribution < 1.29 is 23.9 Å². The van der Waals surface area contributed by atoms with E-state index in [9.17, 15) is 23.9 Å². The SMILES string of the molecule is O=C(Cc1ccc(F)cc1)N[C@@H]1C(=O)N2C(C(=O)O)=C(SC=Cc3cccnc3)CS[C@@H]12. The third kappa shape index (κ3) is 4.71. The van der Waals surface area contributed by atoms with Crippen LogP contribution in [0.2, 0.25) is 0 Å². The second-order valence-corrected chi connectivity index (χ2v) is 9.15. The summed E-state index contributed by atoms with van der Waals surface area (Å²) >= 11 is 2.65. The largest absolute Gasteiger partial charge is 0.477 e. The van der Waals surface area contributed by atoms with Gasteiger partial charge in [0.1, 0.15) is 22.9 Å². The second kappa shape index (κ2) is 9.58. The molecule has 2 aliphatic heterocycles. The zero-order valence-electron chi connectivity index (χ0n) is 16.6. The van der Waals surface area contributed by atoms with Crippen molar-refractivity contribution in [2.75, 3.05) is 5.75 Å². The molecule has 4 rings (SSSR count). The van der Waals surface area contributed by atoms with E-state index in [2.05, 4.69) is 10.3 Å². The molecule has 7 nitrogen and oxygen atoms in total. The van der Waals surface area contributed by atoms with Crippen molar-refractivity contribution in [2.24, 2.45) is 0 Å². The van der Waals surface area contributed by atoms with E-state index in [-0.39, 0.29) is 18.0 Å². The van der Waals surface area contributed by atoms with Gasteiger partial charge in [-0.05, 0) is 40.8 Å². The monoisotopic (exact) mass is 471 g/mol. The molecule has 0 unspecified atom stereocenters. The molecule has 2 N–H and O–H groups in total. The third-order valence-corrected chi connectivity index (χ3v) is 7.24. The van der Waals surface area contributed by atoms with Gasteiger partial charge in [0.25, 0.3) is 5.91 Å². The summed E-state index contributed by atoms with van der Waals surface area (Å²) in [7, 11) is 0. The number of hydrogen-bond donors (Lipinski definition) is 2. The van der Waals surface area contributed by atoms with Gasteiger partial charge in [-0.2, -0.15) is 0 Å². The third-order valence-electron chi connectivity index (χ3n) is 4.89. The molecule has 1 saturated heterocycles. The maximum Gasteiger partial charge on any atom is 0.353 e. The first-order chi connectivity index (χ1) is 15.4. The van der Waals surface area contributed by atoms with Crippen LogP contribution in [0, 0.1) is 5.82 Å². The average Bonchev–Trinajstić information content (AvgIpc) is 2.79. The number of carboxylic acid groups (broad SMARTS) is 1. The Morgan fingerprint density at radius 2 is 2.09 bits per heavy atom. The maximum atomic E-state index is 13.0. The Bertz CT molecular complexity index is 1110. The van der Waals surface area contributed by atoms with E-state index in [4.69, 9.17) is 0 Å². The first-order valence-corrected chi connectivity index (χ1v) is 11.5. The summed E-state index contributed by atoms with van der Waals surface area (Å²) < 4.78 is 13.0. The van der Waals surface area contributed by atoms with Gasteiger partial charge >= 0.3 is 5.97 Å². The number of fused-ring (bicyclic) bond motifs is 1. The quantitative estimate of drug-likeness (QED) is 0.599. The van der Waals surface area contributed by atoms with Gasteiger partial charge in [0.05, 0.1) is 6.42 Å². The fourth-order valence-electron chi connectivity index (χ4n) is 3.36. The molecule has 2 amide bonds. The van der Waals surface area contributed by atoms with E-state index in [1.54, 1.807) is 23.9 Å². The van der Waals surface area contributed by atoms with Gasteiger partial charge in [-0.1, -0.05) is 30.0 Å². The molecular formula is C22H18FN3O4S2. The zero-order valence-corrected chi connectivity index (χ0v) is 18.2. The summed E-state index contributed by atoms with van der Waals surface area (Å²) in [5.74, 6) is -2.01. The van der Waals surface area contributed by atoms with Crippen LogP contribution in [0.25, 0.3) is 6.08 Å². The normalized spacial score (nSPS) is 20.2. The molecule has 1 aromatic heterocycles. The molecule has 0 saturated carbocycles. The van der Waals surface area contributed by atoms with Crippen LogP contribution in [0.5, 0.6) is 0 Å². The Morgan fingerprint density at radius 1 is 1.31 bits per heavy atom. The number of benzene rings is 1. The van der Waals surface area contributed by atoms with Crippen molar-refractivity contribution in [2.45, 2.75) is 17.8 Å². The topological polar surface area (TPSA) is 99.6 Å². The number of carbonyl (C=O) groups is 3. The smallest absolute Gasteiger partial charge is 0.353 e. The Balaban J connectivity index is 1.42. The number of β-lactam (4-membered cyclic amide) rings is 1. The zero-order chi connectivity index (χ0) is 22.7. The molecule has 1 aromatic carbocycles. The molecule has 0 radical (unpaired) electrons. The number of amides is 2. The van der Waals surface area contributed by atoms with Crippen molar-refractivity contribution in [1.82, 2.24) is 15.2 Å². The van der Waals surface area contributed by atoms with Gasteiger partial charge in [-0.3, -0.25) is 19.5 Å². The highest BCUT2D eigenvalue weighted by Crippen LogP contribution is 2.43. The van der Waals surface area contributed by atoms with E-state index in [0.717, 1.165) is 5.56 Å². The minimum atomic E-state index is -1.18. The second-order valence-electron chi connectivity index (χ2n) is 7.04. The lowest BCUT2D eigenvalue weighted by molar-refractivity contribution is -0.150. The minimum absolute atomic E-state index is 0.00329.